The molecular formula is C49H71N3O6. The van der Waals surface area contributed by atoms with Gasteiger partial charge in [0.05, 0.1) is 10.6 Å². The van der Waals surface area contributed by atoms with Crippen LogP contribution in [0.1, 0.15) is 203 Å². The summed E-state index contributed by atoms with van der Waals surface area (Å²) in [6, 6.07) is 17.4. The fourth-order valence-corrected chi connectivity index (χ4v) is 6.23. The van der Waals surface area contributed by atoms with Gasteiger partial charge in [0.15, 0.2) is 17.7 Å². The van der Waals surface area contributed by atoms with Gasteiger partial charge in [0.25, 0.3) is 0 Å². The minimum Gasteiger partial charge on any atom is -0.508 e. The highest BCUT2D eigenvalue weighted by molar-refractivity contribution is 5.77. The van der Waals surface area contributed by atoms with E-state index in [0.29, 0.717) is 52.5 Å². The van der Waals surface area contributed by atoms with Crippen LogP contribution in [0.5, 0.6) is 17.2 Å². The highest BCUT2D eigenvalue weighted by Crippen LogP contribution is 2.38. The van der Waals surface area contributed by atoms with Crippen LogP contribution in [0.4, 0.5) is 11.4 Å². The molecule has 1 aromatic heterocycles. The van der Waals surface area contributed by atoms with Crippen LogP contribution in [-0.2, 0) is 0 Å². The Morgan fingerprint density at radius 1 is 0.534 bits per heavy atom. The van der Waals surface area contributed by atoms with Crippen molar-refractivity contribution in [2.45, 2.75) is 158 Å². The lowest BCUT2D eigenvalue weighted by atomic mass is 9.94. The molecule has 0 atom stereocenters. The Hall–Kier alpha value is -5.05. The zero-order valence-electron chi connectivity index (χ0n) is 37.9. The Morgan fingerprint density at radius 2 is 0.948 bits per heavy atom. The molecule has 0 bridgehead atoms. The van der Waals surface area contributed by atoms with Crippen molar-refractivity contribution in [1.29, 1.82) is 0 Å². The van der Waals surface area contributed by atoms with Crippen LogP contribution in [0.25, 0.3) is 11.1 Å². The molecule has 1 heterocycles. The van der Waals surface area contributed by atoms with E-state index in [4.69, 9.17) is 10.2 Å². The molecule has 9 nitrogen and oxygen atoms in total. The summed E-state index contributed by atoms with van der Waals surface area (Å²) in [6.45, 7) is 33.4. The second-order valence-corrected chi connectivity index (χ2v) is 17.6. The van der Waals surface area contributed by atoms with Crippen molar-refractivity contribution in [2.75, 3.05) is 5.73 Å². The van der Waals surface area contributed by atoms with E-state index >= 15 is 0 Å². The van der Waals surface area contributed by atoms with Crippen LogP contribution in [0.3, 0.4) is 0 Å². The van der Waals surface area contributed by atoms with Gasteiger partial charge < -0.3 is 25.5 Å². The van der Waals surface area contributed by atoms with E-state index in [2.05, 4.69) is 106 Å². The van der Waals surface area contributed by atoms with Crippen molar-refractivity contribution in [3.05, 3.63) is 116 Å². The molecule has 0 aliphatic rings. The number of nitrogens with two attached hydrogens (primary N) is 1. The first-order chi connectivity index (χ1) is 26.9. The zero-order chi connectivity index (χ0) is 44.3. The van der Waals surface area contributed by atoms with E-state index in [0.717, 1.165) is 27.8 Å². The Morgan fingerprint density at radius 3 is 1.40 bits per heavy atom. The normalized spacial score (nSPS) is 11.4. The minimum atomic E-state index is -0.535. The molecule has 58 heavy (non-hydrogen) atoms. The quantitative estimate of drug-likeness (QED) is 0.0497. The van der Waals surface area contributed by atoms with E-state index in [9.17, 15) is 25.4 Å². The van der Waals surface area contributed by atoms with Crippen LogP contribution in [0.2, 0.25) is 0 Å². The average Bonchev–Trinajstić information content (AvgIpc) is 3.61. The van der Waals surface area contributed by atoms with Crippen LogP contribution in [0, 0.1) is 10.1 Å². The second kappa shape index (κ2) is 21.6. The first kappa shape index (κ1) is 49.1. The molecule has 0 unspecified atom stereocenters. The summed E-state index contributed by atoms with van der Waals surface area (Å²) in [5.74, 6) is 3.38. The third kappa shape index (κ3) is 13.2. The van der Waals surface area contributed by atoms with Crippen molar-refractivity contribution >= 4 is 22.5 Å². The van der Waals surface area contributed by atoms with Gasteiger partial charge in [-0.05, 0) is 104 Å². The lowest BCUT2D eigenvalue weighted by Crippen LogP contribution is -1.98. The lowest BCUT2D eigenvalue weighted by Gasteiger charge is -2.14. The van der Waals surface area contributed by atoms with Gasteiger partial charge in [-0.25, -0.2) is 4.98 Å². The lowest BCUT2D eigenvalue weighted by molar-refractivity contribution is -0.386. The van der Waals surface area contributed by atoms with E-state index < -0.39 is 4.92 Å². The van der Waals surface area contributed by atoms with Crippen molar-refractivity contribution in [3.8, 4) is 17.2 Å². The SMILES string of the molecule is CC(C)c1cc(C(C)C)c(O)c([N+](=O)[O-])c1.CC(C)c1cc(C(C)C)c2ocnc2c1.CC(C)c1cc(N)c(O)c(C(C)C)c1.CC(C)c1ccc(O)c(C(C)C)c1. The largest absolute Gasteiger partial charge is 0.508 e. The number of fused-ring (bicyclic) bond motifs is 1. The number of hydrogen-bond acceptors (Lipinski definition) is 8. The number of rotatable bonds is 9. The first-order valence-electron chi connectivity index (χ1n) is 20.7. The molecule has 0 aliphatic carbocycles. The van der Waals surface area contributed by atoms with E-state index in [-0.39, 0.29) is 29.0 Å². The number of nitro benzene ring substituents is 1. The van der Waals surface area contributed by atoms with E-state index in [1.165, 1.54) is 34.7 Å². The number of nitrogens with zero attached hydrogens (tertiary/aromatic N) is 2. The fourth-order valence-electron chi connectivity index (χ4n) is 6.23. The number of nitro groups is 1. The smallest absolute Gasteiger partial charge is 0.311 e. The Kier molecular flexibility index (Phi) is 18.3. The number of anilines is 1. The molecular weight excluding hydrogens is 727 g/mol. The molecule has 4 aromatic carbocycles. The summed E-state index contributed by atoms with van der Waals surface area (Å²) in [4.78, 5) is 14.5. The van der Waals surface area contributed by atoms with Crippen molar-refractivity contribution in [2.24, 2.45) is 0 Å². The molecule has 0 saturated heterocycles. The third-order valence-electron chi connectivity index (χ3n) is 10.2. The summed E-state index contributed by atoms with van der Waals surface area (Å²) in [6.07, 6.45) is 1.53. The predicted molar refractivity (Wildman–Crippen MR) is 242 cm³/mol. The maximum atomic E-state index is 10.8. The van der Waals surface area contributed by atoms with Gasteiger partial charge in [-0.2, -0.15) is 0 Å². The predicted octanol–water partition coefficient (Wildman–Crippen LogP) is 14.5. The molecule has 318 valence electrons. The van der Waals surface area contributed by atoms with Gasteiger partial charge in [-0.15, -0.1) is 0 Å². The standard InChI is InChI=1S/C13H17NO.C12H17NO3.C12H19NO.C12H18O/c1-8(2)10-5-11(9(3)4)13-12(6-10)14-7-15-13;1-7(2)9-5-10(8(3)4)12(14)11(6-9)13(15)16;1-7(2)9-5-10(8(3)4)12(14)11(13)6-9;1-8(2)10-5-6-12(13)11(7-10)9(3)4/h5-9H,1-4H3;5-8,14H,1-4H3;5-8,14H,13H2,1-4H3;5-9,13H,1-4H3. The van der Waals surface area contributed by atoms with Gasteiger partial charge >= 0.3 is 5.69 Å². The number of nitrogen functional groups attached to an aromatic ring is 1. The van der Waals surface area contributed by atoms with Gasteiger partial charge in [0.2, 0.25) is 0 Å². The molecule has 5 aromatic rings. The molecule has 0 spiro atoms. The monoisotopic (exact) mass is 798 g/mol. The molecule has 0 radical (unpaired) electrons. The number of phenols is 3. The molecule has 0 aliphatic heterocycles. The first-order valence-corrected chi connectivity index (χ1v) is 20.7. The molecule has 0 saturated carbocycles. The number of benzene rings is 4. The summed E-state index contributed by atoms with van der Waals surface area (Å²) in [7, 11) is 0. The van der Waals surface area contributed by atoms with Crippen molar-refractivity contribution in [1.82, 2.24) is 4.98 Å². The van der Waals surface area contributed by atoms with Crippen LogP contribution in [0.15, 0.2) is 65.4 Å². The van der Waals surface area contributed by atoms with E-state index in [1.807, 2.05) is 52.0 Å². The molecule has 5 N–H and O–H groups in total. The molecule has 0 fully saturated rings. The second-order valence-electron chi connectivity index (χ2n) is 17.6. The highest BCUT2D eigenvalue weighted by Gasteiger charge is 2.21. The van der Waals surface area contributed by atoms with Gasteiger partial charge in [0, 0.05) is 11.6 Å². The molecule has 9 heteroatoms. The maximum absolute atomic E-state index is 10.8. The molecule has 5 rings (SSSR count). The van der Waals surface area contributed by atoms with Gasteiger partial charge in [-0.1, -0.05) is 141 Å². The summed E-state index contributed by atoms with van der Waals surface area (Å²) in [5, 5.41) is 39.9. The highest BCUT2D eigenvalue weighted by atomic mass is 16.6. The number of phenolic OH excluding ortho intramolecular Hbond substituents is 3. The number of aromatic hydroxyl groups is 3. The summed E-state index contributed by atoms with van der Waals surface area (Å²) < 4.78 is 5.43. The van der Waals surface area contributed by atoms with Crippen LogP contribution in [-0.4, -0.2) is 25.2 Å². The third-order valence-corrected chi connectivity index (χ3v) is 10.2. The summed E-state index contributed by atoms with van der Waals surface area (Å²) in [5.41, 5.74) is 16.5. The minimum absolute atomic E-state index is 0.0670. The van der Waals surface area contributed by atoms with E-state index in [1.54, 1.807) is 6.07 Å². The summed E-state index contributed by atoms with van der Waals surface area (Å²) >= 11 is 0. The topological polar surface area (TPSA) is 156 Å². The Labute approximate surface area is 347 Å². The molecule has 0 amide bonds. The Balaban J connectivity index is 0.000000267. The van der Waals surface area contributed by atoms with Crippen molar-refractivity contribution < 1.29 is 24.7 Å². The number of hydrogen-bond donors (Lipinski definition) is 4. The van der Waals surface area contributed by atoms with Crippen molar-refractivity contribution in [3.63, 3.8) is 0 Å². The number of aromatic nitrogens is 1. The number of oxazole rings is 1. The van der Waals surface area contributed by atoms with Crippen LogP contribution < -0.4 is 5.73 Å². The zero-order valence-corrected chi connectivity index (χ0v) is 37.9. The van der Waals surface area contributed by atoms with Gasteiger partial charge in [-0.3, -0.25) is 10.1 Å². The Bertz CT molecular complexity index is 2090. The average molecular weight is 798 g/mol. The fraction of sp³-hybridized carbons (Fsp3) is 0.490. The van der Waals surface area contributed by atoms with Gasteiger partial charge in [0.1, 0.15) is 17.0 Å². The maximum Gasteiger partial charge on any atom is 0.311 e. The van der Waals surface area contributed by atoms with Crippen LogP contribution >= 0.6 is 0 Å².